The number of benzene rings is 2. The first-order chi connectivity index (χ1) is 12.2. The lowest BCUT2D eigenvalue weighted by atomic mass is 10.1. The van der Waals surface area contributed by atoms with Crippen LogP contribution in [0.4, 0.5) is 10.1 Å². The number of anilines is 1. The van der Waals surface area contributed by atoms with Gasteiger partial charge in [-0.1, -0.05) is 12.1 Å². The van der Waals surface area contributed by atoms with Crippen LogP contribution in [0.1, 0.15) is 5.76 Å². The van der Waals surface area contributed by atoms with Gasteiger partial charge in [0.25, 0.3) is 5.91 Å². The monoisotopic (exact) mass is 341 g/mol. The van der Waals surface area contributed by atoms with Crippen LogP contribution in [0.5, 0.6) is 5.75 Å². The zero-order valence-corrected chi connectivity index (χ0v) is 13.2. The molecule has 1 heterocycles. The van der Waals surface area contributed by atoms with E-state index in [2.05, 4.69) is 5.32 Å². The first kappa shape index (κ1) is 16.7. The minimum atomic E-state index is -0.514. The second kappa shape index (κ2) is 7.63. The summed E-state index contributed by atoms with van der Waals surface area (Å²) >= 11 is 0. The number of aliphatic hydroxyl groups is 1. The van der Waals surface area contributed by atoms with Crippen LogP contribution in [0.15, 0.2) is 65.1 Å². The van der Waals surface area contributed by atoms with Crippen molar-refractivity contribution in [1.29, 1.82) is 0 Å². The van der Waals surface area contributed by atoms with Crippen LogP contribution in [0, 0.1) is 5.82 Å². The summed E-state index contributed by atoms with van der Waals surface area (Å²) in [5.74, 6) is 0.241. The number of para-hydroxylation sites is 1. The number of carbonyl (C=O) groups is 1. The zero-order chi connectivity index (χ0) is 17.6. The van der Waals surface area contributed by atoms with E-state index in [1.54, 1.807) is 48.5 Å². The van der Waals surface area contributed by atoms with E-state index in [0.29, 0.717) is 17.2 Å². The summed E-state index contributed by atoms with van der Waals surface area (Å²) in [4.78, 5) is 11.9. The van der Waals surface area contributed by atoms with Crippen LogP contribution in [-0.2, 0) is 11.4 Å². The topological polar surface area (TPSA) is 71.7 Å². The summed E-state index contributed by atoms with van der Waals surface area (Å²) in [5, 5.41) is 11.7. The van der Waals surface area contributed by atoms with Gasteiger partial charge < -0.3 is 19.6 Å². The van der Waals surface area contributed by atoms with E-state index in [1.165, 1.54) is 12.1 Å². The van der Waals surface area contributed by atoms with Crippen molar-refractivity contribution < 1.29 is 23.4 Å². The highest BCUT2D eigenvalue weighted by Gasteiger charge is 2.08. The van der Waals surface area contributed by atoms with Crippen molar-refractivity contribution in [2.24, 2.45) is 0 Å². The molecule has 0 aliphatic heterocycles. The van der Waals surface area contributed by atoms with Gasteiger partial charge in [-0.05, 0) is 48.5 Å². The molecule has 0 bridgehead atoms. The van der Waals surface area contributed by atoms with Gasteiger partial charge in [-0.15, -0.1) is 0 Å². The standard InChI is InChI=1S/C19H16FNO4/c20-16-3-1-2-4-18(16)24-12-19(23)21-14-7-5-13(6-8-14)17-10-9-15(11-22)25-17/h1-10,22H,11-12H2,(H,21,23). The van der Waals surface area contributed by atoms with Gasteiger partial charge in [0.2, 0.25) is 0 Å². The minimum absolute atomic E-state index is 0.0329. The Hall–Kier alpha value is -3.12. The minimum Gasteiger partial charge on any atom is -0.481 e. The van der Waals surface area contributed by atoms with E-state index < -0.39 is 11.7 Å². The molecule has 3 aromatic rings. The zero-order valence-electron chi connectivity index (χ0n) is 13.2. The number of halogens is 1. The van der Waals surface area contributed by atoms with Gasteiger partial charge in [-0.2, -0.15) is 0 Å². The van der Waals surface area contributed by atoms with Crippen molar-refractivity contribution in [2.75, 3.05) is 11.9 Å². The van der Waals surface area contributed by atoms with E-state index in [4.69, 9.17) is 14.3 Å². The SMILES string of the molecule is O=C(COc1ccccc1F)Nc1ccc(-c2ccc(CO)o2)cc1. The summed E-state index contributed by atoms with van der Waals surface area (Å²) in [6.07, 6.45) is 0. The molecule has 6 heteroatoms. The van der Waals surface area contributed by atoms with Crippen molar-refractivity contribution in [3.63, 3.8) is 0 Å². The van der Waals surface area contributed by atoms with Crippen LogP contribution in [-0.4, -0.2) is 17.6 Å². The molecule has 0 aliphatic carbocycles. The van der Waals surface area contributed by atoms with E-state index in [1.807, 2.05) is 0 Å². The number of ether oxygens (including phenoxy) is 1. The van der Waals surface area contributed by atoms with Crippen LogP contribution in [0.25, 0.3) is 11.3 Å². The number of nitrogens with one attached hydrogen (secondary N) is 1. The average molecular weight is 341 g/mol. The molecule has 0 fully saturated rings. The van der Waals surface area contributed by atoms with Gasteiger partial charge in [-0.3, -0.25) is 4.79 Å². The first-order valence-electron chi connectivity index (χ1n) is 7.63. The number of carbonyl (C=O) groups excluding carboxylic acids is 1. The van der Waals surface area contributed by atoms with E-state index >= 15 is 0 Å². The molecule has 1 amide bonds. The molecule has 0 saturated carbocycles. The smallest absolute Gasteiger partial charge is 0.262 e. The Morgan fingerprint density at radius 2 is 1.84 bits per heavy atom. The maximum Gasteiger partial charge on any atom is 0.262 e. The largest absolute Gasteiger partial charge is 0.481 e. The summed E-state index contributed by atoms with van der Waals surface area (Å²) in [7, 11) is 0. The lowest BCUT2D eigenvalue weighted by molar-refractivity contribution is -0.118. The van der Waals surface area contributed by atoms with Crippen LogP contribution >= 0.6 is 0 Å². The van der Waals surface area contributed by atoms with E-state index in [0.717, 1.165) is 5.56 Å². The number of aliphatic hydroxyl groups excluding tert-OH is 1. The molecular weight excluding hydrogens is 325 g/mol. The van der Waals surface area contributed by atoms with Gasteiger partial charge in [-0.25, -0.2) is 4.39 Å². The Morgan fingerprint density at radius 1 is 1.08 bits per heavy atom. The van der Waals surface area contributed by atoms with E-state index in [9.17, 15) is 9.18 Å². The Bertz CT molecular complexity index is 858. The fourth-order valence-electron chi connectivity index (χ4n) is 2.24. The summed E-state index contributed by atoms with van der Waals surface area (Å²) in [5.41, 5.74) is 1.40. The normalized spacial score (nSPS) is 10.5. The van der Waals surface area contributed by atoms with E-state index in [-0.39, 0.29) is 19.0 Å². The van der Waals surface area contributed by atoms with Gasteiger partial charge in [0.05, 0.1) is 0 Å². The summed E-state index contributed by atoms with van der Waals surface area (Å²) < 4.78 is 24.0. The highest BCUT2D eigenvalue weighted by Crippen LogP contribution is 2.24. The fourth-order valence-corrected chi connectivity index (χ4v) is 2.24. The first-order valence-corrected chi connectivity index (χ1v) is 7.63. The Labute approximate surface area is 143 Å². The molecule has 2 N–H and O–H groups in total. The van der Waals surface area contributed by atoms with Crippen molar-refractivity contribution >= 4 is 11.6 Å². The third-order valence-electron chi connectivity index (χ3n) is 3.47. The third kappa shape index (κ3) is 4.24. The van der Waals surface area contributed by atoms with Crippen LogP contribution in [0.3, 0.4) is 0 Å². The molecule has 0 unspecified atom stereocenters. The Kier molecular flexibility index (Phi) is 5.11. The van der Waals surface area contributed by atoms with Crippen molar-refractivity contribution in [2.45, 2.75) is 6.61 Å². The molecule has 25 heavy (non-hydrogen) atoms. The number of rotatable bonds is 6. The maximum atomic E-state index is 13.4. The average Bonchev–Trinajstić information content (AvgIpc) is 3.11. The number of hydrogen-bond acceptors (Lipinski definition) is 4. The van der Waals surface area contributed by atoms with Crippen molar-refractivity contribution in [3.8, 4) is 17.1 Å². The predicted octanol–water partition coefficient (Wildman–Crippen LogP) is 3.60. The van der Waals surface area contributed by atoms with Crippen LogP contribution in [0.2, 0.25) is 0 Å². The van der Waals surface area contributed by atoms with Gasteiger partial charge in [0.1, 0.15) is 18.1 Å². The summed E-state index contributed by atoms with van der Waals surface area (Å²) in [6.45, 7) is -0.448. The van der Waals surface area contributed by atoms with Gasteiger partial charge in [0, 0.05) is 11.3 Å². The van der Waals surface area contributed by atoms with Gasteiger partial charge >= 0.3 is 0 Å². The molecule has 5 nitrogen and oxygen atoms in total. The molecule has 128 valence electrons. The quantitative estimate of drug-likeness (QED) is 0.719. The molecular formula is C19H16FNO4. The fraction of sp³-hybridized carbons (Fsp3) is 0.105. The molecule has 0 atom stereocenters. The maximum absolute atomic E-state index is 13.4. The second-order valence-electron chi connectivity index (χ2n) is 5.27. The molecule has 0 saturated heterocycles. The molecule has 2 aromatic carbocycles. The highest BCUT2D eigenvalue weighted by molar-refractivity contribution is 5.92. The number of hydrogen-bond donors (Lipinski definition) is 2. The molecule has 3 rings (SSSR count). The Balaban J connectivity index is 1.57. The number of furan rings is 1. The molecule has 1 aromatic heterocycles. The molecule has 0 aliphatic rings. The highest BCUT2D eigenvalue weighted by atomic mass is 19.1. The second-order valence-corrected chi connectivity index (χ2v) is 5.27. The van der Waals surface area contributed by atoms with Crippen molar-refractivity contribution in [1.82, 2.24) is 0 Å². The third-order valence-corrected chi connectivity index (χ3v) is 3.47. The lowest BCUT2D eigenvalue weighted by Crippen LogP contribution is -2.20. The molecule has 0 spiro atoms. The predicted molar refractivity (Wildman–Crippen MR) is 90.6 cm³/mol. The summed E-state index contributed by atoms with van der Waals surface area (Å²) in [6, 6.07) is 16.4. The Morgan fingerprint density at radius 3 is 2.52 bits per heavy atom. The van der Waals surface area contributed by atoms with Gasteiger partial charge in [0.15, 0.2) is 18.2 Å². The molecule has 0 radical (unpaired) electrons. The lowest BCUT2D eigenvalue weighted by Gasteiger charge is -2.08. The van der Waals surface area contributed by atoms with Crippen LogP contribution < -0.4 is 10.1 Å². The number of amides is 1. The van der Waals surface area contributed by atoms with Crippen molar-refractivity contribution in [3.05, 3.63) is 72.2 Å².